The Hall–Kier alpha value is -2.80. The molecule has 1 unspecified atom stereocenters. The fourth-order valence-electron chi connectivity index (χ4n) is 4.98. The van der Waals surface area contributed by atoms with E-state index in [1.807, 2.05) is 58.9 Å². The van der Waals surface area contributed by atoms with Gasteiger partial charge in [-0.1, -0.05) is 54.9 Å². The summed E-state index contributed by atoms with van der Waals surface area (Å²) in [4.78, 5) is 35.8. The number of rotatable bonds is 5. The predicted molar refractivity (Wildman–Crippen MR) is 134 cm³/mol. The van der Waals surface area contributed by atoms with Crippen molar-refractivity contribution in [1.82, 2.24) is 14.5 Å². The molecule has 3 aromatic rings. The van der Waals surface area contributed by atoms with Crippen molar-refractivity contribution in [2.24, 2.45) is 0 Å². The lowest BCUT2D eigenvalue weighted by Crippen LogP contribution is -2.50. The number of piperazine rings is 1. The molecule has 7 heteroatoms. The van der Waals surface area contributed by atoms with Gasteiger partial charge in [0.25, 0.3) is 5.56 Å². The Morgan fingerprint density at radius 1 is 0.970 bits per heavy atom. The van der Waals surface area contributed by atoms with Gasteiger partial charge in [-0.15, -0.1) is 0 Å². The number of thioether (sulfide) groups is 1. The van der Waals surface area contributed by atoms with Crippen LogP contribution in [0.4, 0.5) is 5.69 Å². The molecule has 5 rings (SSSR count). The summed E-state index contributed by atoms with van der Waals surface area (Å²) < 4.78 is 1.87. The van der Waals surface area contributed by atoms with Crippen LogP contribution in [0.1, 0.15) is 38.6 Å². The van der Waals surface area contributed by atoms with Crippen LogP contribution >= 0.6 is 11.8 Å². The maximum Gasteiger partial charge on any atom is 0.262 e. The molecule has 2 heterocycles. The smallest absolute Gasteiger partial charge is 0.262 e. The van der Waals surface area contributed by atoms with E-state index < -0.39 is 0 Å². The minimum atomic E-state index is -0.297. The first-order valence-electron chi connectivity index (χ1n) is 11.9. The van der Waals surface area contributed by atoms with E-state index in [2.05, 4.69) is 17.0 Å². The maximum absolute atomic E-state index is 13.4. The van der Waals surface area contributed by atoms with Gasteiger partial charge in [0.2, 0.25) is 5.91 Å². The summed E-state index contributed by atoms with van der Waals surface area (Å²) in [6.07, 6.45) is 4.26. The fraction of sp³-hybridized carbons (Fsp3) is 0.423. The highest BCUT2D eigenvalue weighted by atomic mass is 32.2. The molecule has 2 fully saturated rings. The molecule has 1 saturated heterocycles. The number of para-hydroxylation sites is 2. The van der Waals surface area contributed by atoms with Crippen LogP contribution < -0.4 is 10.5 Å². The van der Waals surface area contributed by atoms with Gasteiger partial charge in [-0.3, -0.25) is 14.2 Å². The first-order valence-corrected chi connectivity index (χ1v) is 12.8. The molecule has 1 amide bonds. The van der Waals surface area contributed by atoms with Crippen LogP contribution in [-0.4, -0.2) is 51.8 Å². The van der Waals surface area contributed by atoms with E-state index in [0.717, 1.165) is 38.8 Å². The Bertz CT molecular complexity index is 1180. The molecule has 1 aromatic heterocycles. The van der Waals surface area contributed by atoms with E-state index in [4.69, 9.17) is 4.98 Å². The van der Waals surface area contributed by atoms with Crippen LogP contribution in [0.15, 0.2) is 64.5 Å². The summed E-state index contributed by atoms with van der Waals surface area (Å²) in [5.74, 6) is 0.119. The van der Waals surface area contributed by atoms with E-state index in [1.165, 1.54) is 17.4 Å². The molecule has 0 radical (unpaired) electrons. The van der Waals surface area contributed by atoms with Gasteiger partial charge in [0, 0.05) is 37.9 Å². The number of hydrogen-bond acceptors (Lipinski definition) is 5. The molecule has 1 aliphatic heterocycles. The predicted octanol–water partition coefficient (Wildman–Crippen LogP) is 4.34. The van der Waals surface area contributed by atoms with Crippen LogP contribution in [0.5, 0.6) is 0 Å². The number of nitrogens with zero attached hydrogens (tertiary/aromatic N) is 4. The Morgan fingerprint density at radius 3 is 2.36 bits per heavy atom. The number of aromatic nitrogens is 2. The first kappa shape index (κ1) is 22.0. The highest BCUT2D eigenvalue weighted by Gasteiger charge is 2.29. The summed E-state index contributed by atoms with van der Waals surface area (Å²) in [7, 11) is 0. The average Bonchev–Trinajstić information content (AvgIpc) is 3.39. The Labute approximate surface area is 198 Å². The standard InChI is InChI=1S/C26H30N4O2S/c1-19(24(31)29-17-15-28(16-18-29)20-9-3-2-4-10-20)33-26-27-23-14-8-7-13-22(23)25(32)30(26)21-11-5-6-12-21/h2-4,7-10,13-14,19,21H,5-6,11-12,15-18H2,1H3. The Balaban J connectivity index is 1.33. The van der Waals surface area contributed by atoms with Crippen LogP contribution in [0, 0.1) is 0 Å². The second kappa shape index (κ2) is 9.59. The van der Waals surface area contributed by atoms with Gasteiger partial charge < -0.3 is 9.80 Å². The summed E-state index contributed by atoms with van der Waals surface area (Å²) >= 11 is 1.43. The molecule has 0 N–H and O–H groups in total. The molecule has 172 valence electrons. The quantitative estimate of drug-likeness (QED) is 0.417. The van der Waals surface area contributed by atoms with Crippen LogP contribution in [0.3, 0.4) is 0 Å². The second-order valence-corrected chi connectivity index (χ2v) is 10.2. The zero-order valence-electron chi connectivity index (χ0n) is 19.0. The molecule has 0 spiro atoms. The minimum absolute atomic E-state index is 0.0196. The SMILES string of the molecule is CC(Sc1nc2ccccc2c(=O)n1C1CCCC1)C(=O)N1CCN(c2ccccc2)CC1. The first-order chi connectivity index (χ1) is 16.1. The van der Waals surface area contributed by atoms with Gasteiger partial charge in [-0.25, -0.2) is 4.98 Å². The fourth-order valence-corrected chi connectivity index (χ4v) is 6.05. The molecular weight excluding hydrogens is 432 g/mol. The number of hydrogen-bond donors (Lipinski definition) is 0. The van der Waals surface area contributed by atoms with E-state index in [-0.39, 0.29) is 22.8 Å². The molecule has 1 saturated carbocycles. The minimum Gasteiger partial charge on any atom is -0.368 e. The zero-order chi connectivity index (χ0) is 22.8. The van der Waals surface area contributed by atoms with Crippen molar-refractivity contribution in [1.29, 1.82) is 0 Å². The Morgan fingerprint density at radius 2 is 1.64 bits per heavy atom. The van der Waals surface area contributed by atoms with Gasteiger partial charge in [-0.2, -0.15) is 0 Å². The molecule has 33 heavy (non-hydrogen) atoms. The van der Waals surface area contributed by atoms with E-state index in [0.29, 0.717) is 29.1 Å². The maximum atomic E-state index is 13.4. The lowest BCUT2D eigenvalue weighted by molar-refractivity contribution is -0.130. The molecular formula is C26H30N4O2S. The van der Waals surface area contributed by atoms with Crippen molar-refractivity contribution >= 4 is 34.3 Å². The highest BCUT2D eigenvalue weighted by molar-refractivity contribution is 8.00. The van der Waals surface area contributed by atoms with Gasteiger partial charge in [0.05, 0.1) is 16.2 Å². The van der Waals surface area contributed by atoms with Gasteiger partial charge in [0.15, 0.2) is 5.16 Å². The monoisotopic (exact) mass is 462 g/mol. The van der Waals surface area contributed by atoms with E-state index in [9.17, 15) is 9.59 Å². The third-order valence-electron chi connectivity index (χ3n) is 6.81. The number of carbonyl (C=O) groups excluding carboxylic acids is 1. The molecule has 1 atom stereocenters. The van der Waals surface area contributed by atoms with Gasteiger partial charge in [0.1, 0.15) is 0 Å². The number of carbonyl (C=O) groups is 1. The summed E-state index contributed by atoms with van der Waals surface area (Å²) in [6.45, 7) is 5.01. The van der Waals surface area contributed by atoms with Crippen molar-refractivity contribution < 1.29 is 4.79 Å². The summed E-state index contributed by atoms with van der Waals surface area (Å²) in [6, 6.07) is 18.1. The van der Waals surface area contributed by atoms with Crippen molar-refractivity contribution in [3.05, 3.63) is 65.0 Å². The number of amides is 1. The van der Waals surface area contributed by atoms with Crippen molar-refractivity contribution in [2.75, 3.05) is 31.1 Å². The summed E-state index contributed by atoms with van der Waals surface area (Å²) in [5.41, 5.74) is 1.93. The van der Waals surface area contributed by atoms with E-state index >= 15 is 0 Å². The molecule has 6 nitrogen and oxygen atoms in total. The average molecular weight is 463 g/mol. The topological polar surface area (TPSA) is 58.4 Å². The van der Waals surface area contributed by atoms with Crippen molar-refractivity contribution in [3.8, 4) is 0 Å². The molecule has 2 aliphatic rings. The lowest BCUT2D eigenvalue weighted by Gasteiger charge is -2.37. The normalized spacial score (nSPS) is 18.1. The Kier molecular flexibility index (Phi) is 6.40. The molecule has 2 aromatic carbocycles. The zero-order valence-corrected chi connectivity index (χ0v) is 19.8. The molecule has 1 aliphatic carbocycles. The van der Waals surface area contributed by atoms with E-state index in [1.54, 1.807) is 0 Å². The number of anilines is 1. The second-order valence-electron chi connectivity index (χ2n) is 8.93. The number of benzene rings is 2. The van der Waals surface area contributed by atoms with Gasteiger partial charge in [-0.05, 0) is 44.0 Å². The van der Waals surface area contributed by atoms with Crippen molar-refractivity contribution in [2.45, 2.75) is 49.1 Å². The van der Waals surface area contributed by atoms with Crippen LogP contribution in [-0.2, 0) is 4.79 Å². The third-order valence-corrected chi connectivity index (χ3v) is 7.86. The molecule has 0 bridgehead atoms. The van der Waals surface area contributed by atoms with Crippen molar-refractivity contribution in [3.63, 3.8) is 0 Å². The van der Waals surface area contributed by atoms with Crippen LogP contribution in [0.25, 0.3) is 10.9 Å². The largest absolute Gasteiger partial charge is 0.368 e. The van der Waals surface area contributed by atoms with Crippen LogP contribution in [0.2, 0.25) is 0 Å². The number of fused-ring (bicyclic) bond motifs is 1. The lowest BCUT2D eigenvalue weighted by atomic mass is 10.2. The third kappa shape index (κ3) is 4.51. The highest BCUT2D eigenvalue weighted by Crippen LogP contribution is 2.33. The van der Waals surface area contributed by atoms with Gasteiger partial charge >= 0.3 is 0 Å². The summed E-state index contributed by atoms with van der Waals surface area (Å²) in [5, 5.41) is 1.04.